The Morgan fingerprint density at radius 3 is 2.77 bits per heavy atom. The zero-order valence-electron chi connectivity index (χ0n) is 12.1. The molecule has 0 amide bonds. The minimum Gasteiger partial charge on any atom is -0.410 e. The highest BCUT2D eigenvalue weighted by molar-refractivity contribution is 5.98. The van der Waals surface area contributed by atoms with Crippen molar-refractivity contribution in [3.8, 4) is 11.4 Å². The number of nitrogen functional groups attached to an aromatic ring is 1. The molecule has 10 heteroatoms. The predicted octanol–water partition coefficient (Wildman–Crippen LogP) is -0.161. The summed E-state index contributed by atoms with van der Waals surface area (Å²) in [5.41, 5.74) is 6.81. The SMILES string of the molecule is C[C@H](O)CNc1nc(N)nc2c1c(-c1ccn(C)n1)nn2O. The quantitative estimate of drug-likeness (QED) is 0.487. The van der Waals surface area contributed by atoms with E-state index in [0.29, 0.717) is 27.4 Å². The van der Waals surface area contributed by atoms with E-state index in [1.54, 1.807) is 30.9 Å². The summed E-state index contributed by atoms with van der Waals surface area (Å²) in [5.74, 6) is 0.368. The van der Waals surface area contributed by atoms with E-state index >= 15 is 0 Å². The average Bonchev–Trinajstić information content (AvgIpc) is 3.01. The Labute approximate surface area is 125 Å². The Morgan fingerprint density at radius 1 is 1.36 bits per heavy atom. The minimum absolute atomic E-state index is 0.0108. The van der Waals surface area contributed by atoms with Gasteiger partial charge in [-0.15, -0.1) is 5.10 Å². The second kappa shape index (κ2) is 5.15. The Morgan fingerprint density at radius 2 is 2.14 bits per heavy atom. The average molecular weight is 304 g/mol. The molecule has 0 bridgehead atoms. The highest BCUT2D eigenvalue weighted by Gasteiger charge is 2.21. The summed E-state index contributed by atoms with van der Waals surface area (Å²) in [6, 6.07) is 1.76. The van der Waals surface area contributed by atoms with Crippen LogP contribution in [0.2, 0.25) is 0 Å². The lowest BCUT2D eigenvalue weighted by atomic mass is 10.2. The molecule has 0 aliphatic carbocycles. The number of nitrogens with zero attached hydrogens (tertiary/aromatic N) is 6. The fourth-order valence-electron chi connectivity index (χ4n) is 2.11. The number of fused-ring (bicyclic) bond motifs is 1. The topological polar surface area (TPSA) is 140 Å². The van der Waals surface area contributed by atoms with Crippen LogP contribution in [-0.2, 0) is 7.05 Å². The maximum Gasteiger partial charge on any atom is 0.224 e. The van der Waals surface area contributed by atoms with Gasteiger partial charge in [-0.3, -0.25) is 4.68 Å². The standard InChI is InChI=1S/C12H16N8O2/c1-6(21)5-14-10-8-9(7-3-4-19(2)17-7)18-20(22)11(8)16-12(13)15-10/h3-4,6,21-22H,5H2,1-2H3,(H3,13,14,15,16)/t6-/m0/s1. The molecule has 3 aromatic heterocycles. The molecule has 0 saturated heterocycles. The highest BCUT2D eigenvalue weighted by atomic mass is 16.5. The lowest BCUT2D eigenvalue weighted by Gasteiger charge is -2.09. The van der Waals surface area contributed by atoms with Crippen LogP contribution in [0.1, 0.15) is 6.92 Å². The van der Waals surface area contributed by atoms with Gasteiger partial charge in [-0.2, -0.15) is 15.1 Å². The summed E-state index contributed by atoms with van der Waals surface area (Å²) in [7, 11) is 1.78. The molecule has 0 aliphatic heterocycles. The van der Waals surface area contributed by atoms with Crippen molar-refractivity contribution in [2.75, 3.05) is 17.6 Å². The fourth-order valence-corrected chi connectivity index (χ4v) is 2.11. The summed E-state index contributed by atoms with van der Waals surface area (Å²) in [5, 5.41) is 31.1. The monoisotopic (exact) mass is 304 g/mol. The third-order valence-corrected chi connectivity index (χ3v) is 3.05. The molecule has 0 aromatic carbocycles. The van der Waals surface area contributed by atoms with Crippen LogP contribution in [0.5, 0.6) is 0 Å². The molecular formula is C12H16N8O2. The van der Waals surface area contributed by atoms with Gasteiger partial charge >= 0.3 is 0 Å². The first-order valence-electron chi connectivity index (χ1n) is 6.63. The van der Waals surface area contributed by atoms with E-state index in [1.165, 1.54) is 0 Å². The van der Waals surface area contributed by atoms with Gasteiger partial charge in [-0.25, -0.2) is 0 Å². The molecule has 0 fully saturated rings. The van der Waals surface area contributed by atoms with E-state index in [1.807, 2.05) is 0 Å². The van der Waals surface area contributed by atoms with Gasteiger partial charge < -0.3 is 21.4 Å². The first-order chi connectivity index (χ1) is 10.5. The van der Waals surface area contributed by atoms with Gasteiger partial charge in [-0.05, 0) is 13.0 Å². The van der Waals surface area contributed by atoms with Gasteiger partial charge in [0.1, 0.15) is 17.2 Å². The van der Waals surface area contributed by atoms with Crippen LogP contribution in [0.15, 0.2) is 12.3 Å². The summed E-state index contributed by atoms with van der Waals surface area (Å²) < 4.78 is 1.62. The Balaban J connectivity index is 2.20. The van der Waals surface area contributed by atoms with Crippen LogP contribution in [-0.4, -0.2) is 52.7 Å². The van der Waals surface area contributed by atoms with Crippen LogP contribution in [0.25, 0.3) is 22.4 Å². The van der Waals surface area contributed by atoms with Crippen LogP contribution in [0, 0.1) is 0 Å². The third-order valence-electron chi connectivity index (χ3n) is 3.05. The van der Waals surface area contributed by atoms with E-state index in [-0.39, 0.29) is 18.1 Å². The van der Waals surface area contributed by atoms with Gasteiger partial charge in [-0.1, -0.05) is 4.85 Å². The van der Waals surface area contributed by atoms with Crippen LogP contribution >= 0.6 is 0 Å². The third kappa shape index (κ3) is 2.39. The van der Waals surface area contributed by atoms with Gasteiger partial charge in [0.15, 0.2) is 0 Å². The molecule has 0 spiro atoms. The largest absolute Gasteiger partial charge is 0.410 e. The fraction of sp³-hybridized carbons (Fsp3) is 0.333. The number of aliphatic hydroxyl groups is 1. The van der Waals surface area contributed by atoms with Crippen molar-refractivity contribution in [3.63, 3.8) is 0 Å². The number of hydrogen-bond acceptors (Lipinski definition) is 8. The van der Waals surface area contributed by atoms with Crippen molar-refractivity contribution in [1.29, 1.82) is 0 Å². The molecule has 1 atom stereocenters. The van der Waals surface area contributed by atoms with E-state index in [4.69, 9.17) is 5.73 Å². The van der Waals surface area contributed by atoms with Crippen molar-refractivity contribution in [2.24, 2.45) is 7.05 Å². The number of hydrogen-bond donors (Lipinski definition) is 4. The smallest absolute Gasteiger partial charge is 0.224 e. The van der Waals surface area contributed by atoms with E-state index in [9.17, 15) is 10.3 Å². The van der Waals surface area contributed by atoms with Crippen molar-refractivity contribution in [2.45, 2.75) is 13.0 Å². The molecule has 22 heavy (non-hydrogen) atoms. The molecule has 0 aliphatic rings. The van der Waals surface area contributed by atoms with Crippen molar-refractivity contribution in [3.05, 3.63) is 12.3 Å². The number of aliphatic hydroxyl groups excluding tert-OH is 1. The molecule has 10 nitrogen and oxygen atoms in total. The molecule has 3 heterocycles. The summed E-state index contributed by atoms with van der Waals surface area (Å²) in [4.78, 5) is 8.76. The molecule has 5 N–H and O–H groups in total. The Hall–Kier alpha value is -2.88. The maximum absolute atomic E-state index is 9.93. The van der Waals surface area contributed by atoms with E-state index in [2.05, 4.69) is 25.5 Å². The number of nitrogens with one attached hydrogen (secondary N) is 1. The molecule has 0 radical (unpaired) electrons. The first-order valence-corrected chi connectivity index (χ1v) is 6.63. The van der Waals surface area contributed by atoms with Crippen LogP contribution < -0.4 is 11.1 Å². The highest BCUT2D eigenvalue weighted by Crippen LogP contribution is 2.30. The van der Waals surface area contributed by atoms with Crippen LogP contribution in [0.3, 0.4) is 0 Å². The number of rotatable bonds is 4. The Bertz CT molecular complexity index is 822. The van der Waals surface area contributed by atoms with Crippen LogP contribution in [0.4, 0.5) is 11.8 Å². The zero-order valence-corrected chi connectivity index (χ0v) is 12.1. The minimum atomic E-state index is -0.575. The van der Waals surface area contributed by atoms with Crippen molar-refractivity contribution in [1.82, 2.24) is 29.7 Å². The van der Waals surface area contributed by atoms with Crippen molar-refractivity contribution < 1.29 is 10.3 Å². The summed E-state index contributed by atoms with van der Waals surface area (Å²) in [6.07, 6.45) is 1.19. The Kier molecular flexibility index (Phi) is 3.29. The van der Waals surface area contributed by atoms with E-state index in [0.717, 1.165) is 0 Å². The summed E-state index contributed by atoms with van der Waals surface area (Å²) in [6.45, 7) is 1.91. The maximum atomic E-state index is 9.93. The number of anilines is 2. The van der Waals surface area contributed by atoms with Gasteiger partial charge in [0, 0.05) is 19.8 Å². The lowest BCUT2D eigenvalue weighted by molar-refractivity contribution is 0.160. The molecular weight excluding hydrogens is 288 g/mol. The molecule has 3 rings (SSSR count). The predicted molar refractivity (Wildman–Crippen MR) is 79.3 cm³/mol. The second-order valence-corrected chi connectivity index (χ2v) is 4.97. The molecule has 0 saturated carbocycles. The number of aromatic nitrogens is 6. The van der Waals surface area contributed by atoms with Gasteiger partial charge in [0.05, 0.1) is 11.5 Å². The number of aryl methyl sites for hydroxylation is 1. The van der Waals surface area contributed by atoms with Crippen molar-refractivity contribution >= 4 is 22.8 Å². The van der Waals surface area contributed by atoms with E-state index < -0.39 is 6.10 Å². The van der Waals surface area contributed by atoms with Gasteiger partial charge in [0.25, 0.3) is 0 Å². The molecule has 116 valence electrons. The van der Waals surface area contributed by atoms with Gasteiger partial charge in [0.2, 0.25) is 11.6 Å². The first kappa shape index (κ1) is 14.1. The lowest BCUT2D eigenvalue weighted by Crippen LogP contribution is -2.17. The zero-order chi connectivity index (χ0) is 15.9. The number of nitrogens with two attached hydrogens (primary N) is 1. The molecule has 3 aromatic rings. The molecule has 0 unspecified atom stereocenters. The normalized spacial score (nSPS) is 12.7. The second-order valence-electron chi connectivity index (χ2n) is 4.97. The summed E-state index contributed by atoms with van der Waals surface area (Å²) >= 11 is 0.